The van der Waals surface area contributed by atoms with Gasteiger partial charge in [0.2, 0.25) is 0 Å². The summed E-state index contributed by atoms with van der Waals surface area (Å²) in [6.07, 6.45) is 1.15. The molecule has 0 aliphatic heterocycles. The van der Waals surface area contributed by atoms with Crippen LogP contribution in [0.1, 0.15) is 43.1 Å². The fraction of sp³-hybridized carbons (Fsp3) is 0.207. The minimum absolute atomic E-state index is 0.429. The molecule has 0 saturated heterocycles. The lowest BCUT2D eigenvalue weighted by Crippen LogP contribution is -2.08. The Morgan fingerprint density at radius 2 is 1.59 bits per heavy atom. The molecule has 5 aromatic rings. The molecule has 160 valence electrons. The van der Waals surface area contributed by atoms with Crippen LogP contribution < -0.4 is 4.74 Å². The fourth-order valence-corrected chi connectivity index (χ4v) is 4.19. The fourth-order valence-electron chi connectivity index (χ4n) is 4.19. The van der Waals surface area contributed by atoms with Crippen molar-refractivity contribution >= 4 is 21.8 Å². The van der Waals surface area contributed by atoms with E-state index in [0.29, 0.717) is 12.5 Å². The monoisotopic (exact) mass is 420 g/mol. The highest BCUT2D eigenvalue weighted by atomic mass is 16.5. The van der Waals surface area contributed by atoms with E-state index < -0.39 is 0 Å². The summed E-state index contributed by atoms with van der Waals surface area (Å²) in [6.45, 7) is 5.72. The van der Waals surface area contributed by atoms with E-state index in [4.69, 9.17) is 9.72 Å². The second-order valence-electron chi connectivity index (χ2n) is 8.45. The number of hydrogen-bond donors (Lipinski definition) is 0. The second kappa shape index (κ2) is 8.88. The van der Waals surface area contributed by atoms with Crippen molar-refractivity contribution in [1.29, 1.82) is 0 Å². The summed E-state index contributed by atoms with van der Waals surface area (Å²) < 4.78 is 8.46. The van der Waals surface area contributed by atoms with E-state index in [2.05, 4.69) is 97.3 Å². The lowest BCUT2D eigenvalue weighted by molar-refractivity contribution is 0.291. The predicted octanol–water partition coefficient (Wildman–Crippen LogP) is 7.33. The molecule has 4 aromatic carbocycles. The van der Waals surface area contributed by atoms with Crippen LogP contribution in [0.4, 0.5) is 0 Å². The van der Waals surface area contributed by atoms with Crippen LogP contribution in [0.3, 0.4) is 0 Å². The van der Waals surface area contributed by atoms with Crippen LogP contribution >= 0.6 is 0 Å². The molecule has 0 aliphatic carbocycles. The quantitative estimate of drug-likeness (QED) is 0.276. The number of para-hydroxylation sites is 2. The zero-order valence-corrected chi connectivity index (χ0v) is 18.7. The molecule has 0 bridgehead atoms. The van der Waals surface area contributed by atoms with E-state index in [1.807, 2.05) is 12.1 Å². The highest BCUT2D eigenvalue weighted by Crippen LogP contribution is 2.24. The standard InChI is InChI=1S/C29H28N2O/c1-3-21(2)23-14-12-22(13-15-23)19-31-28-11-7-6-10-27(28)30-29(31)20-32-26-17-16-24-8-4-5-9-25(24)18-26/h4-18,21H,3,19-20H2,1-2H3. The number of fused-ring (bicyclic) bond motifs is 2. The summed E-state index contributed by atoms with van der Waals surface area (Å²) in [5, 5.41) is 2.40. The molecule has 0 radical (unpaired) electrons. The molecule has 1 unspecified atom stereocenters. The van der Waals surface area contributed by atoms with Gasteiger partial charge in [0.15, 0.2) is 0 Å². The van der Waals surface area contributed by atoms with Gasteiger partial charge in [-0.05, 0) is 58.5 Å². The number of imidazole rings is 1. The van der Waals surface area contributed by atoms with Crippen molar-refractivity contribution in [3.63, 3.8) is 0 Å². The lowest BCUT2D eigenvalue weighted by Gasteiger charge is -2.13. The van der Waals surface area contributed by atoms with Gasteiger partial charge in [0, 0.05) is 6.54 Å². The molecule has 1 aromatic heterocycles. The van der Waals surface area contributed by atoms with Gasteiger partial charge in [-0.1, -0.05) is 80.6 Å². The number of ether oxygens (including phenoxy) is 1. The SMILES string of the molecule is CCC(C)c1ccc(Cn2c(COc3ccc4ccccc4c3)nc3ccccc32)cc1. The molecular formula is C29H28N2O. The normalized spacial score (nSPS) is 12.3. The van der Waals surface area contributed by atoms with Crippen molar-refractivity contribution in [2.24, 2.45) is 0 Å². The highest BCUT2D eigenvalue weighted by molar-refractivity contribution is 5.83. The third-order valence-electron chi connectivity index (χ3n) is 6.32. The largest absolute Gasteiger partial charge is 0.486 e. The van der Waals surface area contributed by atoms with Crippen LogP contribution in [-0.4, -0.2) is 9.55 Å². The summed E-state index contributed by atoms with van der Waals surface area (Å²) in [6, 6.07) is 31.9. The average Bonchev–Trinajstić information content (AvgIpc) is 3.20. The van der Waals surface area contributed by atoms with E-state index in [9.17, 15) is 0 Å². The van der Waals surface area contributed by atoms with Gasteiger partial charge in [0.1, 0.15) is 18.2 Å². The van der Waals surface area contributed by atoms with Crippen LogP contribution in [0.2, 0.25) is 0 Å². The van der Waals surface area contributed by atoms with Gasteiger partial charge in [0.05, 0.1) is 11.0 Å². The molecule has 1 atom stereocenters. The molecule has 0 spiro atoms. The Morgan fingerprint density at radius 1 is 0.844 bits per heavy atom. The number of rotatable bonds is 7. The molecule has 3 nitrogen and oxygen atoms in total. The zero-order chi connectivity index (χ0) is 21.9. The molecule has 3 heteroatoms. The number of aromatic nitrogens is 2. The molecule has 0 amide bonds. The smallest absolute Gasteiger partial charge is 0.148 e. The van der Waals surface area contributed by atoms with Crippen molar-refractivity contribution in [2.45, 2.75) is 39.3 Å². The molecule has 0 saturated carbocycles. The van der Waals surface area contributed by atoms with Crippen molar-refractivity contribution in [2.75, 3.05) is 0 Å². The third kappa shape index (κ3) is 4.11. The molecule has 32 heavy (non-hydrogen) atoms. The summed E-state index contributed by atoms with van der Waals surface area (Å²) in [4.78, 5) is 4.88. The third-order valence-corrected chi connectivity index (χ3v) is 6.32. The Kier molecular flexibility index (Phi) is 5.64. The molecule has 0 N–H and O–H groups in total. The molecule has 5 rings (SSSR count). The first-order valence-electron chi connectivity index (χ1n) is 11.4. The van der Waals surface area contributed by atoms with Gasteiger partial charge >= 0.3 is 0 Å². The van der Waals surface area contributed by atoms with Crippen LogP contribution in [0.15, 0.2) is 91.0 Å². The minimum Gasteiger partial charge on any atom is -0.486 e. The van der Waals surface area contributed by atoms with E-state index in [1.165, 1.54) is 21.9 Å². The van der Waals surface area contributed by atoms with E-state index in [1.54, 1.807) is 0 Å². The van der Waals surface area contributed by atoms with Crippen LogP contribution in [0.5, 0.6) is 5.75 Å². The van der Waals surface area contributed by atoms with Crippen molar-refractivity contribution in [1.82, 2.24) is 9.55 Å². The number of hydrogen-bond acceptors (Lipinski definition) is 2. The van der Waals surface area contributed by atoms with Crippen molar-refractivity contribution < 1.29 is 4.74 Å². The maximum atomic E-state index is 6.19. The Labute approximate surface area is 189 Å². The maximum Gasteiger partial charge on any atom is 0.148 e. The van der Waals surface area contributed by atoms with Crippen LogP contribution in [0.25, 0.3) is 21.8 Å². The molecule has 1 heterocycles. The first kappa shape index (κ1) is 20.3. The second-order valence-corrected chi connectivity index (χ2v) is 8.45. The maximum absolute atomic E-state index is 6.19. The average molecular weight is 421 g/mol. The Balaban J connectivity index is 1.42. The summed E-state index contributed by atoms with van der Waals surface area (Å²) >= 11 is 0. The summed E-state index contributed by atoms with van der Waals surface area (Å²) in [5.41, 5.74) is 4.80. The first-order valence-corrected chi connectivity index (χ1v) is 11.4. The van der Waals surface area contributed by atoms with Gasteiger partial charge in [-0.2, -0.15) is 0 Å². The van der Waals surface area contributed by atoms with Gasteiger partial charge in [-0.15, -0.1) is 0 Å². The first-order chi connectivity index (χ1) is 15.7. The number of benzene rings is 4. The van der Waals surface area contributed by atoms with E-state index in [-0.39, 0.29) is 0 Å². The van der Waals surface area contributed by atoms with E-state index in [0.717, 1.165) is 35.6 Å². The highest BCUT2D eigenvalue weighted by Gasteiger charge is 2.12. The zero-order valence-electron chi connectivity index (χ0n) is 18.7. The summed E-state index contributed by atoms with van der Waals surface area (Å²) in [5.74, 6) is 2.38. The Hall–Kier alpha value is -3.59. The molecule has 0 aliphatic rings. The van der Waals surface area contributed by atoms with Gasteiger partial charge in [-0.3, -0.25) is 0 Å². The predicted molar refractivity (Wildman–Crippen MR) is 132 cm³/mol. The van der Waals surface area contributed by atoms with Gasteiger partial charge in [-0.25, -0.2) is 4.98 Å². The summed E-state index contributed by atoms with van der Waals surface area (Å²) in [7, 11) is 0. The molecule has 0 fully saturated rings. The topological polar surface area (TPSA) is 27.1 Å². The van der Waals surface area contributed by atoms with Gasteiger partial charge in [0.25, 0.3) is 0 Å². The number of nitrogens with zero attached hydrogens (tertiary/aromatic N) is 2. The van der Waals surface area contributed by atoms with Crippen LogP contribution in [-0.2, 0) is 13.2 Å². The minimum atomic E-state index is 0.429. The van der Waals surface area contributed by atoms with Crippen molar-refractivity contribution in [3.8, 4) is 5.75 Å². The Morgan fingerprint density at radius 3 is 2.41 bits per heavy atom. The molecular weight excluding hydrogens is 392 g/mol. The van der Waals surface area contributed by atoms with E-state index >= 15 is 0 Å². The van der Waals surface area contributed by atoms with Crippen LogP contribution in [0, 0.1) is 0 Å². The lowest BCUT2D eigenvalue weighted by atomic mass is 9.98. The Bertz CT molecular complexity index is 1350. The van der Waals surface area contributed by atoms with Crippen molar-refractivity contribution in [3.05, 3.63) is 108 Å². The van der Waals surface area contributed by atoms with Gasteiger partial charge < -0.3 is 9.30 Å².